The summed E-state index contributed by atoms with van der Waals surface area (Å²) in [5.74, 6) is 0. The zero-order chi connectivity index (χ0) is 28.1. The lowest BCUT2D eigenvalue weighted by Crippen LogP contribution is -1.99. The van der Waals surface area contributed by atoms with E-state index in [0.29, 0.717) is 0 Å². The standard InChI is InChI=1S/C38H31N3/c1-5-6-14-34-27(4)32-12-7-9-15-35(32)40(34)28-18-20-30(25(2)23-28)31-21-19-29(24-26(31)3)41-36-16-10-8-13-33(36)38-37(41)17-11-22-39-38/h5-24H,1H2,2-4H3/b14-6-. The molecule has 3 nitrogen and oxygen atoms in total. The van der Waals surface area contributed by atoms with Gasteiger partial charge >= 0.3 is 0 Å². The van der Waals surface area contributed by atoms with Gasteiger partial charge in [0.1, 0.15) is 0 Å². The number of hydrogen-bond acceptors (Lipinski definition) is 1. The molecule has 0 aliphatic carbocycles. The molecule has 3 heteroatoms. The summed E-state index contributed by atoms with van der Waals surface area (Å²) in [5.41, 5.74) is 14.3. The van der Waals surface area contributed by atoms with Gasteiger partial charge in [0.05, 0.1) is 22.1 Å². The maximum atomic E-state index is 4.70. The van der Waals surface area contributed by atoms with Gasteiger partial charge in [-0.15, -0.1) is 0 Å². The van der Waals surface area contributed by atoms with Crippen molar-refractivity contribution in [2.24, 2.45) is 0 Å². The summed E-state index contributed by atoms with van der Waals surface area (Å²) >= 11 is 0. The van der Waals surface area contributed by atoms with Crippen molar-refractivity contribution in [2.75, 3.05) is 0 Å². The number of pyridine rings is 1. The summed E-state index contributed by atoms with van der Waals surface area (Å²) < 4.78 is 4.68. The molecule has 0 fully saturated rings. The number of hydrogen-bond donors (Lipinski definition) is 0. The van der Waals surface area contributed by atoms with Crippen LogP contribution in [0.1, 0.15) is 22.4 Å². The van der Waals surface area contributed by atoms with Crippen LogP contribution in [0.2, 0.25) is 0 Å². The Bertz CT molecular complexity index is 2100. The van der Waals surface area contributed by atoms with E-state index < -0.39 is 0 Å². The molecule has 41 heavy (non-hydrogen) atoms. The maximum absolute atomic E-state index is 4.70. The van der Waals surface area contributed by atoms with Crippen molar-refractivity contribution in [1.29, 1.82) is 0 Å². The van der Waals surface area contributed by atoms with E-state index in [1.54, 1.807) is 0 Å². The van der Waals surface area contributed by atoms with E-state index in [-0.39, 0.29) is 0 Å². The van der Waals surface area contributed by atoms with E-state index in [9.17, 15) is 0 Å². The van der Waals surface area contributed by atoms with Crippen molar-refractivity contribution in [3.63, 3.8) is 0 Å². The highest BCUT2D eigenvalue weighted by molar-refractivity contribution is 6.07. The highest BCUT2D eigenvalue weighted by Crippen LogP contribution is 2.36. The molecule has 7 rings (SSSR count). The van der Waals surface area contributed by atoms with Crippen LogP contribution in [0.4, 0.5) is 0 Å². The van der Waals surface area contributed by atoms with E-state index in [1.807, 2.05) is 24.4 Å². The minimum Gasteiger partial charge on any atom is -0.310 e. The summed E-state index contributed by atoms with van der Waals surface area (Å²) in [7, 11) is 0. The molecular formula is C38H31N3. The molecule has 0 atom stereocenters. The third kappa shape index (κ3) is 3.93. The molecule has 198 valence electrons. The second-order valence-corrected chi connectivity index (χ2v) is 10.7. The lowest BCUT2D eigenvalue weighted by molar-refractivity contribution is 1.09. The van der Waals surface area contributed by atoms with Crippen molar-refractivity contribution in [3.8, 4) is 22.5 Å². The third-order valence-electron chi connectivity index (χ3n) is 8.22. The van der Waals surface area contributed by atoms with Crippen molar-refractivity contribution >= 4 is 38.9 Å². The highest BCUT2D eigenvalue weighted by Gasteiger charge is 2.16. The van der Waals surface area contributed by atoms with Crippen molar-refractivity contribution in [3.05, 3.63) is 144 Å². The molecule has 0 aliphatic rings. The fraction of sp³-hybridized carbons (Fsp3) is 0.0789. The smallest absolute Gasteiger partial charge is 0.0963 e. The first-order chi connectivity index (χ1) is 20.1. The van der Waals surface area contributed by atoms with Crippen LogP contribution in [0.3, 0.4) is 0 Å². The van der Waals surface area contributed by atoms with E-state index in [2.05, 4.69) is 134 Å². The zero-order valence-electron chi connectivity index (χ0n) is 23.6. The average molecular weight is 530 g/mol. The minimum atomic E-state index is 1.03. The second-order valence-electron chi connectivity index (χ2n) is 10.7. The monoisotopic (exact) mass is 529 g/mol. The Kier molecular flexibility index (Phi) is 5.94. The minimum absolute atomic E-state index is 1.03. The van der Waals surface area contributed by atoms with Crippen LogP contribution in [0.25, 0.3) is 61.4 Å². The topological polar surface area (TPSA) is 22.8 Å². The molecule has 0 saturated carbocycles. The Hall–Kier alpha value is -5.15. The summed E-state index contributed by atoms with van der Waals surface area (Å²) in [6.07, 6.45) is 7.87. The molecule has 0 spiro atoms. The molecule has 0 radical (unpaired) electrons. The van der Waals surface area contributed by atoms with Crippen molar-refractivity contribution < 1.29 is 0 Å². The summed E-state index contributed by atoms with van der Waals surface area (Å²) in [6.45, 7) is 10.5. The van der Waals surface area contributed by atoms with Crippen molar-refractivity contribution in [1.82, 2.24) is 14.1 Å². The Balaban J connectivity index is 1.34. The van der Waals surface area contributed by atoms with Crippen LogP contribution in [0, 0.1) is 20.8 Å². The Morgan fingerprint density at radius 2 is 1.22 bits per heavy atom. The van der Waals surface area contributed by atoms with E-state index in [0.717, 1.165) is 22.4 Å². The van der Waals surface area contributed by atoms with Crippen LogP contribution < -0.4 is 0 Å². The molecule has 4 aromatic carbocycles. The van der Waals surface area contributed by atoms with Crippen LogP contribution in [0.15, 0.2) is 122 Å². The molecular weight excluding hydrogens is 498 g/mol. The SMILES string of the molecule is C=C/C=C\c1c(C)c2ccccc2n1-c1ccc(-c2ccc(-n3c4ccccc4c4ncccc43)cc2C)c(C)c1. The molecule has 3 heterocycles. The van der Waals surface area contributed by atoms with Gasteiger partial charge in [0.15, 0.2) is 0 Å². The first-order valence-corrected chi connectivity index (χ1v) is 14.0. The summed E-state index contributed by atoms with van der Waals surface area (Å²) in [4.78, 5) is 4.70. The lowest BCUT2D eigenvalue weighted by Gasteiger charge is -2.16. The number of aryl methyl sites for hydroxylation is 3. The molecule has 0 unspecified atom stereocenters. The second kappa shape index (κ2) is 9.79. The lowest BCUT2D eigenvalue weighted by atomic mass is 9.95. The Morgan fingerprint density at radius 3 is 1.88 bits per heavy atom. The van der Waals surface area contributed by atoms with Gasteiger partial charge in [0.25, 0.3) is 0 Å². The number of para-hydroxylation sites is 2. The number of fused-ring (bicyclic) bond motifs is 4. The van der Waals surface area contributed by atoms with Gasteiger partial charge in [-0.3, -0.25) is 4.98 Å². The number of nitrogens with zero attached hydrogens (tertiary/aromatic N) is 3. The van der Waals surface area contributed by atoms with Gasteiger partial charge in [-0.1, -0.05) is 67.3 Å². The molecule has 0 aliphatic heterocycles. The van der Waals surface area contributed by atoms with Gasteiger partial charge in [-0.05, 0) is 103 Å². The first-order valence-electron chi connectivity index (χ1n) is 14.0. The molecule has 7 aromatic rings. The zero-order valence-corrected chi connectivity index (χ0v) is 23.6. The van der Waals surface area contributed by atoms with E-state index in [1.165, 1.54) is 55.3 Å². The predicted octanol–water partition coefficient (Wildman–Crippen LogP) is 9.91. The summed E-state index contributed by atoms with van der Waals surface area (Å²) in [5, 5.41) is 2.44. The van der Waals surface area contributed by atoms with Crippen LogP contribution in [-0.4, -0.2) is 14.1 Å². The van der Waals surface area contributed by atoms with Crippen LogP contribution in [-0.2, 0) is 0 Å². The Labute approximate surface area is 240 Å². The largest absolute Gasteiger partial charge is 0.310 e. The van der Waals surface area contributed by atoms with Gasteiger partial charge in [0.2, 0.25) is 0 Å². The van der Waals surface area contributed by atoms with E-state index in [4.69, 9.17) is 4.98 Å². The van der Waals surface area contributed by atoms with Gasteiger partial charge in [-0.2, -0.15) is 0 Å². The van der Waals surface area contributed by atoms with Crippen molar-refractivity contribution in [2.45, 2.75) is 20.8 Å². The van der Waals surface area contributed by atoms with Crippen LogP contribution in [0.5, 0.6) is 0 Å². The number of benzene rings is 4. The number of rotatable bonds is 5. The number of aromatic nitrogens is 3. The maximum Gasteiger partial charge on any atom is 0.0963 e. The predicted molar refractivity (Wildman–Crippen MR) is 174 cm³/mol. The molecule has 0 bridgehead atoms. The van der Waals surface area contributed by atoms with Gasteiger partial charge in [-0.25, -0.2) is 0 Å². The van der Waals surface area contributed by atoms with Gasteiger partial charge < -0.3 is 9.13 Å². The quantitative estimate of drug-likeness (QED) is 0.203. The number of allylic oxidation sites excluding steroid dienone is 2. The van der Waals surface area contributed by atoms with E-state index >= 15 is 0 Å². The summed E-state index contributed by atoms with van der Waals surface area (Å²) in [6, 6.07) is 34.9. The van der Waals surface area contributed by atoms with Crippen LogP contribution >= 0.6 is 0 Å². The van der Waals surface area contributed by atoms with Gasteiger partial charge in [0, 0.05) is 34.0 Å². The normalized spacial score (nSPS) is 11.8. The fourth-order valence-electron chi connectivity index (χ4n) is 6.30. The third-order valence-corrected chi connectivity index (χ3v) is 8.22. The Morgan fingerprint density at radius 1 is 0.634 bits per heavy atom. The fourth-order valence-corrected chi connectivity index (χ4v) is 6.30. The molecule has 3 aromatic heterocycles. The highest BCUT2D eigenvalue weighted by atomic mass is 15.0. The first kappa shape index (κ1) is 24.9. The molecule has 0 saturated heterocycles. The molecule has 0 amide bonds. The average Bonchev–Trinajstić information content (AvgIpc) is 3.48. The molecule has 0 N–H and O–H groups in total.